The van der Waals surface area contributed by atoms with Gasteiger partial charge in [-0.2, -0.15) is 0 Å². The molecule has 0 fully saturated rings. The van der Waals surface area contributed by atoms with Crippen LogP contribution >= 0.6 is 0 Å². The summed E-state index contributed by atoms with van der Waals surface area (Å²) < 4.78 is 0. The second-order valence-corrected chi connectivity index (χ2v) is 7.91. The molecule has 2 aromatic heterocycles. The SMILES string of the molecule is c1ccc2c(c1)CC[C@H]2Nc1ccc2c(Nc3ccc4cc[nH]c4c3)cccc2n1. The number of hydrogen-bond acceptors (Lipinski definition) is 3. The van der Waals surface area contributed by atoms with E-state index in [4.69, 9.17) is 4.98 Å². The van der Waals surface area contributed by atoms with Gasteiger partial charge in [0.25, 0.3) is 0 Å². The summed E-state index contributed by atoms with van der Waals surface area (Å²) in [4.78, 5) is 8.17. The van der Waals surface area contributed by atoms with E-state index in [1.165, 1.54) is 16.5 Å². The second-order valence-electron chi connectivity index (χ2n) is 7.91. The van der Waals surface area contributed by atoms with Crippen LogP contribution in [0.1, 0.15) is 23.6 Å². The Balaban J connectivity index is 1.29. The van der Waals surface area contributed by atoms with Gasteiger partial charge in [0.1, 0.15) is 5.82 Å². The van der Waals surface area contributed by atoms with Gasteiger partial charge in [-0.1, -0.05) is 36.4 Å². The van der Waals surface area contributed by atoms with Gasteiger partial charge in [0.05, 0.1) is 11.6 Å². The summed E-state index contributed by atoms with van der Waals surface area (Å²) in [7, 11) is 0. The topological polar surface area (TPSA) is 52.7 Å². The lowest BCUT2D eigenvalue weighted by Crippen LogP contribution is -2.08. The van der Waals surface area contributed by atoms with Gasteiger partial charge in [0.2, 0.25) is 0 Å². The summed E-state index contributed by atoms with van der Waals surface area (Å²) in [6.07, 6.45) is 4.20. The zero-order valence-corrected chi connectivity index (χ0v) is 16.5. The minimum Gasteiger partial charge on any atom is -0.363 e. The van der Waals surface area contributed by atoms with Gasteiger partial charge in [0.15, 0.2) is 0 Å². The number of H-pyrrole nitrogens is 1. The molecule has 146 valence electrons. The Morgan fingerprint density at radius 3 is 2.87 bits per heavy atom. The Morgan fingerprint density at radius 1 is 0.900 bits per heavy atom. The maximum Gasteiger partial charge on any atom is 0.127 e. The maximum atomic E-state index is 4.90. The van der Waals surface area contributed by atoms with Crippen molar-refractivity contribution in [2.45, 2.75) is 18.9 Å². The predicted molar refractivity (Wildman–Crippen MR) is 124 cm³/mol. The van der Waals surface area contributed by atoms with Crippen molar-refractivity contribution in [2.75, 3.05) is 10.6 Å². The van der Waals surface area contributed by atoms with Crippen molar-refractivity contribution >= 4 is 39.0 Å². The summed E-state index contributed by atoms with van der Waals surface area (Å²) in [5.41, 5.74) is 7.07. The largest absolute Gasteiger partial charge is 0.363 e. The standard InChI is InChI=1S/C26H22N4/c1-2-5-20-17(4-1)9-12-24(20)30-26-13-11-21-22(6-3-7-23(21)29-26)28-19-10-8-18-14-15-27-25(18)16-19/h1-8,10-11,13-16,24,27-28H,9,12H2,(H,29,30)/t24-/m1/s1. The highest BCUT2D eigenvalue weighted by Gasteiger charge is 2.22. The normalized spacial score (nSPS) is 15.4. The third kappa shape index (κ3) is 2.98. The van der Waals surface area contributed by atoms with Gasteiger partial charge in [-0.25, -0.2) is 4.98 Å². The zero-order valence-electron chi connectivity index (χ0n) is 16.5. The highest BCUT2D eigenvalue weighted by Crippen LogP contribution is 2.34. The van der Waals surface area contributed by atoms with Crippen LogP contribution in [0.5, 0.6) is 0 Å². The minimum atomic E-state index is 0.333. The molecule has 0 saturated carbocycles. The van der Waals surface area contributed by atoms with Crippen molar-refractivity contribution in [2.24, 2.45) is 0 Å². The molecular formula is C26H22N4. The number of rotatable bonds is 4. The minimum absolute atomic E-state index is 0.333. The first-order valence-corrected chi connectivity index (χ1v) is 10.4. The number of aryl methyl sites for hydroxylation is 1. The molecule has 1 aliphatic carbocycles. The number of nitrogens with one attached hydrogen (secondary N) is 3. The fourth-order valence-electron chi connectivity index (χ4n) is 4.51. The molecule has 0 saturated heterocycles. The van der Waals surface area contributed by atoms with Crippen LogP contribution in [0, 0.1) is 0 Å². The van der Waals surface area contributed by atoms with E-state index in [0.29, 0.717) is 6.04 Å². The molecule has 0 spiro atoms. The quantitative estimate of drug-likeness (QED) is 0.326. The first kappa shape index (κ1) is 17.1. The van der Waals surface area contributed by atoms with Gasteiger partial charge in [-0.15, -0.1) is 0 Å². The predicted octanol–water partition coefficient (Wildman–Crippen LogP) is 6.56. The monoisotopic (exact) mass is 390 g/mol. The van der Waals surface area contributed by atoms with Gasteiger partial charge >= 0.3 is 0 Å². The summed E-state index contributed by atoms with van der Waals surface area (Å²) in [6.45, 7) is 0. The summed E-state index contributed by atoms with van der Waals surface area (Å²) in [6, 6.07) is 27.9. The van der Waals surface area contributed by atoms with Crippen molar-refractivity contribution in [1.82, 2.24) is 9.97 Å². The average molecular weight is 390 g/mol. The van der Waals surface area contributed by atoms with Crippen molar-refractivity contribution in [3.8, 4) is 0 Å². The Morgan fingerprint density at radius 2 is 1.87 bits per heavy atom. The Labute approximate surface area is 175 Å². The summed E-state index contributed by atoms with van der Waals surface area (Å²) >= 11 is 0. The van der Waals surface area contributed by atoms with E-state index in [0.717, 1.165) is 46.5 Å². The smallest absolute Gasteiger partial charge is 0.127 e. The number of anilines is 3. The molecule has 30 heavy (non-hydrogen) atoms. The van der Waals surface area contributed by atoms with Gasteiger partial charge in [-0.05, 0) is 71.8 Å². The van der Waals surface area contributed by atoms with Crippen LogP contribution in [0.25, 0.3) is 21.8 Å². The molecule has 4 nitrogen and oxygen atoms in total. The van der Waals surface area contributed by atoms with Crippen LogP contribution in [0.3, 0.4) is 0 Å². The Hall–Kier alpha value is -3.79. The Bertz CT molecular complexity index is 1370. The number of aromatic amines is 1. The summed E-state index contributed by atoms with van der Waals surface area (Å²) in [5.74, 6) is 0.925. The number of nitrogens with zero attached hydrogens (tertiary/aromatic N) is 1. The number of aromatic nitrogens is 2. The van der Waals surface area contributed by atoms with Gasteiger partial charge in [-0.3, -0.25) is 0 Å². The molecule has 3 aromatic carbocycles. The van der Waals surface area contributed by atoms with E-state index < -0.39 is 0 Å². The first-order chi connectivity index (χ1) is 14.8. The Kier molecular flexibility index (Phi) is 3.94. The maximum absolute atomic E-state index is 4.90. The lowest BCUT2D eigenvalue weighted by atomic mass is 10.1. The van der Waals surface area contributed by atoms with Crippen LogP contribution in [-0.2, 0) is 6.42 Å². The fourth-order valence-corrected chi connectivity index (χ4v) is 4.51. The van der Waals surface area contributed by atoms with Crippen LogP contribution in [0.15, 0.2) is 85.1 Å². The van der Waals surface area contributed by atoms with E-state index in [9.17, 15) is 0 Å². The summed E-state index contributed by atoms with van der Waals surface area (Å²) in [5, 5.41) is 9.52. The lowest BCUT2D eigenvalue weighted by Gasteiger charge is -2.16. The molecule has 6 rings (SSSR count). The van der Waals surface area contributed by atoms with E-state index >= 15 is 0 Å². The number of hydrogen-bond donors (Lipinski definition) is 3. The lowest BCUT2D eigenvalue weighted by molar-refractivity contribution is 0.758. The molecule has 1 aliphatic rings. The fraction of sp³-hybridized carbons (Fsp3) is 0.115. The molecule has 0 radical (unpaired) electrons. The number of pyridine rings is 1. The molecule has 0 aliphatic heterocycles. The molecule has 3 N–H and O–H groups in total. The van der Waals surface area contributed by atoms with Crippen molar-refractivity contribution < 1.29 is 0 Å². The van der Waals surface area contributed by atoms with Crippen LogP contribution in [0.2, 0.25) is 0 Å². The molecule has 0 amide bonds. The molecule has 0 unspecified atom stereocenters. The molecule has 4 heteroatoms. The van der Waals surface area contributed by atoms with Crippen LogP contribution < -0.4 is 10.6 Å². The van der Waals surface area contributed by atoms with Crippen molar-refractivity contribution in [1.29, 1.82) is 0 Å². The molecular weight excluding hydrogens is 368 g/mol. The van der Waals surface area contributed by atoms with E-state index in [1.807, 2.05) is 6.20 Å². The van der Waals surface area contributed by atoms with Crippen LogP contribution in [0.4, 0.5) is 17.2 Å². The average Bonchev–Trinajstić information content (AvgIpc) is 3.41. The zero-order chi connectivity index (χ0) is 19.9. The molecule has 1 atom stereocenters. The third-order valence-corrected chi connectivity index (χ3v) is 6.02. The molecule has 2 heterocycles. The van der Waals surface area contributed by atoms with Gasteiger partial charge in [0, 0.05) is 28.5 Å². The van der Waals surface area contributed by atoms with Crippen LogP contribution in [-0.4, -0.2) is 9.97 Å². The van der Waals surface area contributed by atoms with E-state index in [2.05, 4.69) is 94.5 Å². The molecule has 5 aromatic rings. The van der Waals surface area contributed by atoms with E-state index in [-0.39, 0.29) is 0 Å². The van der Waals surface area contributed by atoms with E-state index in [1.54, 1.807) is 0 Å². The molecule has 0 bridgehead atoms. The highest BCUT2D eigenvalue weighted by atomic mass is 15.0. The highest BCUT2D eigenvalue weighted by molar-refractivity contribution is 5.95. The number of fused-ring (bicyclic) bond motifs is 3. The second kappa shape index (κ2) is 6.92. The third-order valence-electron chi connectivity index (χ3n) is 6.02. The van der Waals surface area contributed by atoms with Crippen molar-refractivity contribution in [3.05, 3.63) is 96.2 Å². The van der Waals surface area contributed by atoms with Crippen molar-refractivity contribution in [3.63, 3.8) is 0 Å². The number of benzene rings is 3. The first-order valence-electron chi connectivity index (χ1n) is 10.4. The van der Waals surface area contributed by atoms with Gasteiger partial charge < -0.3 is 15.6 Å².